The number of carboxylic acid groups (broad SMARTS) is 1. The highest BCUT2D eigenvalue weighted by Crippen LogP contribution is 2.39. The quantitative estimate of drug-likeness (QED) is 0.854. The van der Waals surface area contributed by atoms with E-state index in [0.717, 1.165) is 24.2 Å². The number of aromatic nitrogens is 2. The number of carbonyl (C=O) groups excluding carboxylic acids is 1. The maximum Gasteiger partial charge on any atom is 0.308 e. The summed E-state index contributed by atoms with van der Waals surface area (Å²) in [5.41, 5.74) is 2.17. The predicted molar refractivity (Wildman–Crippen MR) is 89.3 cm³/mol. The van der Waals surface area contributed by atoms with Gasteiger partial charge in [-0.25, -0.2) is 4.68 Å². The molecule has 6 heteroatoms. The summed E-state index contributed by atoms with van der Waals surface area (Å²) >= 11 is 0. The van der Waals surface area contributed by atoms with E-state index in [4.69, 9.17) is 5.11 Å². The Hall–Kier alpha value is -2.63. The van der Waals surface area contributed by atoms with Crippen LogP contribution in [0.5, 0.6) is 0 Å². The molecule has 1 aromatic heterocycles. The molecule has 1 fully saturated rings. The fourth-order valence-electron chi connectivity index (χ4n) is 2.53. The molecule has 2 aromatic rings. The third-order valence-corrected chi connectivity index (χ3v) is 4.46. The topological polar surface area (TPSA) is 84.2 Å². The lowest BCUT2D eigenvalue weighted by molar-refractivity contribution is -0.141. The van der Waals surface area contributed by atoms with Crippen molar-refractivity contribution in [3.8, 4) is 5.69 Å². The molecule has 126 valence electrons. The number of aliphatic carboxylic acids is 1. The van der Waals surface area contributed by atoms with Crippen LogP contribution in [0.15, 0.2) is 36.4 Å². The summed E-state index contributed by atoms with van der Waals surface area (Å²) in [5, 5.41) is 16.5. The molecule has 0 radical (unpaired) electrons. The van der Waals surface area contributed by atoms with Crippen LogP contribution < -0.4 is 5.32 Å². The molecule has 1 aromatic carbocycles. The molecular formula is C18H21N3O3. The van der Waals surface area contributed by atoms with E-state index >= 15 is 0 Å². The molecule has 3 rings (SSSR count). The average molecular weight is 327 g/mol. The van der Waals surface area contributed by atoms with Crippen molar-refractivity contribution < 1.29 is 14.7 Å². The van der Waals surface area contributed by atoms with Crippen LogP contribution in [0.2, 0.25) is 0 Å². The van der Waals surface area contributed by atoms with Crippen LogP contribution in [-0.2, 0) is 4.79 Å². The molecular weight excluding hydrogens is 306 g/mol. The summed E-state index contributed by atoms with van der Waals surface area (Å²) in [6, 6.07) is 10.8. The number of carboxylic acids is 1. The minimum Gasteiger partial charge on any atom is -0.481 e. The number of carbonyl (C=O) groups is 2. The molecule has 1 aliphatic rings. The van der Waals surface area contributed by atoms with E-state index in [-0.39, 0.29) is 5.91 Å². The second-order valence-electron chi connectivity index (χ2n) is 6.37. The van der Waals surface area contributed by atoms with E-state index in [1.165, 1.54) is 0 Å². The molecule has 1 saturated carbocycles. The first-order chi connectivity index (χ1) is 11.5. The molecule has 1 heterocycles. The maximum absolute atomic E-state index is 12.7. The highest BCUT2D eigenvalue weighted by atomic mass is 16.4. The van der Waals surface area contributed by atoms with Gasteiger partial charge in [0.25, 0.3) is 5.91 Å². The highest BCUT2D eigenvalue weighted by Gasteiger charge is 2.30. The minimum absolute atomic E-state index is 0.307. The van der Waals surface area contributed by atoms with E-state index in [1.54, 1.807) is 18.5 Å². The first-order valence-corrected chi connectivity index (χ1v) is 8.16. The molecule has 0 spiro atoms. The molecule has 2 atom stereocenters. The van der Waals surface area contributed by atoms with E-state index in [9.17, 15) is 9.59 Å². The first-order valence-electron chi connectivity index (χ1n) is 8.16. The largest absolute Gasteiger partial charge is 0.481 e. The first kappa shape index (κ1) is 16.2. The molecule has 1 aliphatic carbocycles. The minimum atomic E-state index is -0.932. The van der Waals surface area contributed by atoms with Crippen molar-refractivity contribution in [2.75, 3.05) is 0 Å². The van der Waals surface area contributed by atoms with Gasteiger partial charge in [0, 0.05) is 12.0 Å². The Balaban J connectivity index is 1.88. The van der Waals surface area contributed by atoms with Gasteiger partial charge in [0.05, 0.1) is 17.3 Å². The van der Waals surface area contributed by atoms with Gasteiger partial charge in [0.1, 0.15) is 5.69 Å². The van der Waals surface area contributed by atoms with Crippen molar-refractivity contribution >= 4 is 11.9 Å². The Morgan fingerprint density at radius 1 is 1.25 bits per heavy atom. The van der Waals surface area contributed by atoms with Gasteiger partial charge in [-0.2, -0.15) is 5.10 Å². The summed E-state index contributed by atoms with van der Waals surface area (Å²) in [6.07, 6.45) is 2.19. The normalized spacial score (nSPS) is 16.4. The average Bonchev–Trinajstić information content (AvgIpc) is 3.33. The number of benzene rings is 1. The van der Waals surface area contributed by atoms with Crippen LogP contribution in [0.25, 0.3) is 5.69 Å². The van der Waals surface area contributed by atoms with E-state index < -0.39 is 17.9 Å². The maximum atomic E-state index is 12.7. The standard InChI is InChI=1S/C18H21N3O3/c1-11(18(23)24)12(2)19-17(22)16-10-15(13-8-9-13)20-21(16)14-6-4-3-5-7-14/h3-7,10-13H,8-9H2,1-2H3,(H,19,22)(H,23,24). The van der Waals surface area contributed by atoms with Crippen LogP contribution >= 0.6 is 0 Å². The number of rotatable bonds is 6. The van der Waals surface area contributed by atoms with Gasteiger partial charge >= 0.3 is 5.97 Å². The zero-order chi connectivity index (χ0) is 17.3. The Bertz CT molecular complexity index is 750. The number of nitrogens with zero attached hydrogens (tertiary/aromatic N) is 2. The zero-order valence-corrected chi connectivity index (χ0v) is 13.8. The summed E-state index contributed by atoms with van der Waals surface area (Å²) < 4.78 is 1.64. The molecule has 2 unspecified atom stereocenters. The fraction of sp³-hybridized carbons (Fsp3) is 0.389. The Morgan fingerprint density at radius 2 is 1.92 bits per heavy atom. The number of nitrogens with one attached hydrogen (secondary N) is 1. The van der Waals surface area contributed by atoms with E-state index in [2.05, 4.69) is 10.4 Å². The number of para-hydroxylation sites is 1. The van der Waals surface area contributed by atoms with Gasteiger partial charge in [-0.15, -0.1) is 0 Å². The van der Waals surface area contributed by atoms with Gasteiger partial charge in [-0.3, -0.25) is 9.59 Å². The van der Waals surface area contributed by atoms with Crippen LogP contribution in [0.3, 0.4) is 0 Å². The van der Waals surface area contributed by atoms with Gasteiger partial charge < -0.3 is 10.4 Å². The molecule has 0 aliphatic heterocycles. The summed E-state index contributed by atoms with van der Waals surface area (Å²) in [4.78, 5) is 23.7. The Morgan fingerprint density at radius 3 is 2.50 bits per heavy atom. The third-order valence-electron chi connectivity index (χ3n) is 4.46. The van der Waals surface area contributed by atoms with Crippen LogP contribution in [0, 0.1) is 5.92 Å². The number of hydrogen-bond acceptors (Lipinski definition) is 3. The van der Waals surface area contributed by atoms with Gasteiger partial charge in [0.15, 0.2) is 0 Å². The number of hydrogen-bond donors (Lipinski definition) is 2. The lowest BCUT2D eigenvalue weighted by Crippen LogP contribution is -2.40. The van der Waals surface area contributed by atoms with Crippen molar-refractivity contribution in [2.45, 2.75) is 38.6 Å². The van der Waals surface area contributed by atoms with Gasteiger partial charge in [-0.05, 0) is 44.9 Å². The van der Waals surface area contributed by atoms with Crippen LogP contribution in [-0.4, -0.2) is 32.8 Å². The van der Waals surface area contributed by atoms with Gasteiger partial charge in [0.2, 0.25) is 0 Å². The molecule has 1 amide bonds. The lowest BCUT2D eigenvalue weighted by atomic mass is 10.0. The summed E-state index contributed by atoms with van der Waals surface area (Å²) in [5.74, 6) is -1.47. The lowest BCUT2D eigenvalue weighted by Gasteiger charge is -2.18. The second kappa shape index (κ2) is 6.47. The van der Waals surface area contributed by atoms with Gasteiger partial charge in [-0.1, -0.05) is 18.2 Å². The van der Waals surface area contributed by atoms with Crippen LogP contribution in [0.4, 0.5) is 0 Å². The Labute approximate surface area is 140 Å². The monoisotopic (exact) mass is 327 g/mol. The summed E-state index contributed by atoms with van der Waals surface area (Å²) in [6.45, 7) is 3.28. The molecule has 0 bridgehead atoms. The molecule has 24 heavy (non-hydrogen) atoms. The van der Waals surface area contributed by atoms with Crippen molar-refractivity contribution in [1.82, 2.24) is 15.1 Å². The van der Waals surface area contributed by atoms with Crippen molar-refractivity contribution in [2.24, 2.45) is 5.92 Å². The fourth-order valence-corrected chi connectivity index (χ4v) is 2.53. The van der Waals surface area contributed by atoms with Crippen molar-refractivity contribution in [3.05, 3.63) is 47.8 Å². The predicted octanol–water partition coefficient (Wildman–Crippen LogP) is 2.59. The van der Waals surface area contributed by atoms with E-state index in [1.807, 2.05) is 36.4 Å². The molecule has 2 N–H and O–H groups in total. The van der Waals surface area contributed by atoms with E-state index in [0.29, 0.717) is 11.6 Å². The molecule has 6 nitrogen and oxygen atoms in total. The van der Waals surface area contributed by atoms with Crippen molar-refractivity contribution in [1.29, 1.82) is 0 Å². The third kappa shape index (κ3) is 3.32. The SMILES string of the molecule is CC(NC(=O)c1cc(C2CC2)nn1-c1ccccc1)C(C)C(=O)O. The zero-order valence-electron chi connectivity index (χ0n) is 13.8. The van der Waals surface area contributed by atoms with Crippen LogP contribution in [0.1, 0.15) is 48.8 Å². The summed E-state index contributed by atoms with van der Waals surface area (Å²) in [7, 11) is 0. The number of amides is 1. The smallest absolute Gasteiger partial charge is 0.308 e. The Kier molecular flexibility index (Phi) is 4.38. The van der Waals surface area contributed by atoms with Crippen molar-refractivity contribution in [3.63, 3.8) is 0 Å². The molecule has 0 saturated heterocycles. The highest BCUT2D eigenvalue weighted by molar-refractivity contribution is 5.93. The second-order valence-corrected chi connectivity index (χ2v) is 6.37.